The molecule has 1 aromatic carbocycles. The Bertz CT molecular complexity index is 665. The SMILES string of the molecule is OC[C@H]1O[C@@H](OCCn2cc(-c3ccccc3)nn2)[C@H](O)[C@@H](O)[C@@H]1O. The minimum absolute atomic E-state index is 0.139. The fraction of sp³-hybridized carbons (Fsp3) is 0.500. The summed E-state index contributed by atoms with van der Waals surface area (Å²) in [6.45, 7) is 0.00343. The zero-order valence-corrected chi connectivity index (χ0v) is 13.4. The monoisotopic (exact) mass is 351 g/mol. The Morgan fingerprint density at radius 2 is 1.84 bits per heavy atom. The van der Waals surface area contributed by atoms with Gasteiger partial charge in [-0.3, -0.25) is 0 Å². The molecule has 0 saturated carbocycles. The summed E-state index contributed by atoms with van der Waals surface area (Å²) in [5.41, 5.74) is 1.68. The van der Waals surface area contributed by atoms with Crippen LogP contribution in [0, 0.1) is 0 Å². The standard InChI is InChI=1S/C16H21N3O6/c20-9-12-13(21)14(22)15(23)16(25-12)24-7-6-19-8-11(17-18-19)10-4-2-1-3-5-10/h1-5,8,12-16,20-23H,6-7,9H2/t12-,13-,14+,15-,16-/m1/s1. The fourth-order valence-corrected chi connectivity index (χ4v) is 2.62. The van der Waals surface area contributed by atoms with Crippen molar-refractivity contribution in [2.75, 3.05) is 13.2 Å². The van der Waals surface area contributed by atoms with E-state index in [2.05, 4.69) is 10.3 Å². The maximum atomic E-state index is 9.89. The van der Waals surface area contributed by atoms with Crippen LogP contribution in [0.4, 0.5) is 0 Å². The highest BCUT2D eigenvalue weighted by Gasteiger charge is 2.43. The third-order valence-electron chi connectivity index (χ3n) is 4.06. The van der Waals surface area contributed by atoms with Gasteiger partial charge >= 0.3 is 0 Å². The van der Waals surface area contributed by atoms with E-state index in [0.29, 0.717) is 6.54 Å². The van der Waals surface area contributed by atoms with Gasteiger partial charge in [0, 0.05) is 5.56 Å². The number of hydrogen-bond donors (Lipinski definition) is 4. The van der Waals surface area contributed by atoms with Crippen molar-refractivity contribution in [2.24, 2.45) is 0 Å². The first kappa shape index (κ1) is 17.9. The van der Waals surface area contributed by atoms with Crippen molar-refractivity contribution < 1.29 is 29.9 Å². The summed E-state index contributed by atoms with van der Waals surface area (Å²) in [5, 5.41) is 46.6. The predicted octanol–water partition coefficient (Wildman–Crippen LogP) is -1.24. The molecule has 136 valence electrons. The lowest BCUT2D eigenvalue weighted by atomic mass is 9.99. The predicted molar refractivity (Wildman–Crippen MR) is 85.2 cm³/mol. The van der Waals surface area contributed by atoms with Crippen LogP contribution in [0.15, 0.2) is 36.5 Å². The second-order valence-corrected chi connectivity index (χ2v) is 5.80. The number of aliphatic hydroxyl groups excluding tert-OH is 4. The van der Waals surface area contributed by atoms with E-state index in [1.807, 2.05) is 30.3 Å². The fourth-order valence-electron chi connectivity index (χ4n) is 2.62. The van der Waals surface area contributed by atoms with E-state index in [4.69, 9.17) is 14.6 Å². The van der Waals surface area contributed by atoms with E-state index >= 15 is 0 Å². The van der Waals surface area contributed by atoms with E-state index < -0.39 is 37.3 Å². The molecule has 1 aliphatic rings. The summed E-state index contributed by atoms with van der Waals surface area (Å²) in [6.07, 6.45) is -4.62. The van der Waals surface area contributed by atoms with Crippen molar-refractivity contribution in [1.82, 2.24) is 15.0 Å². The van der Waals surface area contributed by atoms with Gasteiger partial charge in [-0.15, -0.1) is 5.10 Å². The molecule has 25 heavy (non-hydrogen) atoms. The third-order valence-corrected chi connectivity index (χ3v) is 4.06. The third kappa shape index (κ3) is 4.03. The Morgan fingerprint density at radius 3 is 2.56 bits per heavy atom. The zero-order chi connectivity index (χ0) is 17.8. The van der Waals surface area contributed by atoms with Crippen LogP contribution in [-0.2, 0) is 16.0 Å². The molecule has 1 aromatic heterocycles. The Balaban J connectivity index is 1.53. The highest BCUT2D eigenvalue weighted by molar-refractivity contribution is 5.57. The number of aromatic nitrogens is 3. The van der Waals surface area contributed by atoms with Gasteiger partial charge in [-0.2, -0.15) is 0 Å². The minimum atomic E-state index is -1.45. The molecule has 4 N–H and O–H groups in total. The highest BCUT2D eigenvalue weighted by Crippen LogP contribution is 2.22. The summed E-state index contributed by atoms with van der Waals surface area (Å²) in [4.78, 5) is 0. The molecule has 1 fully saturated rings. The van der Waals surface area contributed by atoms with Gasteiger partial charge in [-0.05, 0) is 0 Å². The normalized spacial score (nSPS) is 29.7. The van der Waals surface area contributed by atoms with Crippen LogP contribution in [0.2, 0.25) is 0 Å². The molecular formula is C16H21N3O6. The summed E-state index contributed by atoms with van der Waals surface area (Å²) in [6, 6.07) is 9.60. The molecule has 9 nitrogen and oxygen atoms in total. The quantitative estimate of drug-likeness (QED) is 0.509. The van der Waals surface area contributed by atoms with Crippen molar-refractivity contribution in [3.63, 3.8) is 0 Å². The van der Waals surface area contributed by atoms with Gasteiger partial charge in [-0.25, -0.2) is 4.68 Å². The summed E-state index contributed by atoms with van der Waals surface area (Å²) in [7, 11) is 0. The van der Waals surface area contributed by atoms with E-state index in [1.54, 1.807) is 10.9 Å². The summed E-state index contributed by atoms with van der Waals surface area (Å²) < 4.78 is 12.3. The van der Waals surface area contributed by atoms with Gasteiger partial charge < -0.3 is 29.9 Å². The molecule has 2 heterocycles. The number of aliphatic hydroxyl groups is 4. The topological polar surface area (TPSA) is 130 Å². The van der Waals surface area contributed by atoms with E-state index in [0.717, 1.165) is 11.3 Å². The summed E-state index contributed by atoms with van der Waals surface area (Å²) in [5.74, 6) is 0. The van der Waals surface area contributed by atoms with Crippen LogP contribution in [0.5, 0.6) is 0 Å². The first-order valence-electron chi connectivity index (χ1n) is 7.98. The van der Waals surface area contributed by atoms with Gasteiger partial charge in [0.25, 0.3) is 0 Å². The van der Waals surface area contributed by atoms with Crippen molar-refractivity contribution in [1.29, 1.82) is 0 Å². The Labute approximate surface area is 144 Å². The zero-order valence-electron chi connectivity index (χ0n) is 13.4. The molecule has 1 saturated heterocycles. The molecule has 9 heteroatoms. The van der Waals surface area contributed by atoms with Crippen LogP contribution in [0.3, 0.4) is 0 Å². The molecule has 0 spiro atoms. The first-order valence-corrected chi connectivity index (χ1v) is 7.98. The van der Waals surface area contributed by atoms with Crippen LogP contribution in [-0.4, -0.2) is 79.3 Å². The van der Waals surface area contributed by atoms with Crippen LogP contribution in [0.1, 0.15) is 0 Å². The van der Waals surface area contributed by atoms with E-state index in [9.17, 15) is 15.3 Å². The average molecular weight is 351 g/mol. The van der Waals surface area contributed by atoms with Gasteiger partial charge in [0.1, 0.15) is 30.1 Å². The maximum absolute atomic E-state index is 9.89. The number of hydrogen-bond acceptors (Lipinski definition) is 8. The van der Waals surface area contributed by atoms with Crippen LogP contribution in [0.25, 0.3) is 11.3 Å². The van der Waals surface area contributed by atoms with Crippen molar-refractivity contribution in [2.45, 2.75) is 37.3 Å². The molecule has 0 amide bonds. The van der Waals surface area contributed by atoms with Crippen molar-refractivity contribution >= 4 is 0 Å². The number of benzene rings is 1. The smallest absolute Gasteiger partial charge is 0.186 e. The molecule has 0 radical (unpaired) electrons. The van der Waals surface area contributed by atoms with Crippen LogP contribution < -0.4 is 0 Å². The lowest BCUT2D eigenvalue weighted by Crippen LogP contribution is -2.59. The molecule has 3 rings (SSSR count). The largest absolute Gasteiger partial charge is 0.394 e. The lowest BCUT2D eigenvalue weighted by Gasteiger charge is -2.39. The van der Waals surface area contributed by atoms with Crippen LogP contribution >= 0.6 is 0 Å². The molecular weight excluding hydrogens is 330 g/mol. The number of nitrogens with zero attached hydrogens (tertiary/aromatic N) is 3. The number of ether oxygens (including phenoxy) is 2. The number of rotatable bonds is 6. The second-order valence-electron chi connectivity index (χ2n) is 5.80. The second kappa shape index (κ2) is 8.00. The molecule has 0 aliphatic carbocycles. The lowest BCUT2D eigenvalue weighted by molar-refractivity contribution is -0.301. The first-order chi connectivity index (χ1) is 12.1. The van der Waals surface area contributed by atoms with Gasteiger partial charge in [0.2, 0.25) is 0 Å². The minimum Gasteiger partial charge on any atom is -0.394 e. The highest BCUT2D eigenvalue weighted by atomic mass is 16.7. The maximum Gasteiger partial charge on any atom is 0.186 e. The molecule has 1 aliphatic heterocycles. The van der Waals surface area contributed by atoms with Gasteiger partial charge in [-0.1, -0.05) is 35.5 Å². The van der Waals surface area contributed by atoms with Gasteiger partial charge in [0.05, 0.1) is 26.0 Å². The molecule has 5 atom stereocenters. The van der Waals surface area contributed by atoms with Gasteiger partial charge in [0.15, 0.2) is 6.29 Å². The van der Waals surface area contributed by atoms with Crippen molar-refractivity contribution in [3.8, 4) is 11.3 Å². The Kier molecular flexibility index (Phi) is 5.74. The molecule has 0 unspecified atom stereocenters. The Morgan fingerprint density at radius 1 is 1.08 bits per heavy atom. The Hall–Kier alpha value is -1.88. The van der Waals surface area contributed by atoms with E-state index in [1.165, 1.54) is 0 Å². The van der Waals surface area contributed by atoms with Crippen molar-refractivity contribution in [3.05, 3.63) is 36.5 Å². The summed E-state index contributed by atoms with van der Waals surface area (Å²) >= 11 is 0. The molecule has 2 aromatic rings. The average Bonchev–Trinajstić information content (AvgIpc) is 3.11. The molecule has 0 bridgehead atoms. The van der Waals surface area contributed by atoms with E-state index in [-0.39, 0.29) is 6.61 Å².